The van der Waals surface area contributed by atoms with E-state index < -0.39 is 0 Å². The number of piperidine rings is 1. The molecule has 0 aliphatic carbocycles. The molecule has 2 N–H and O–H groups in total. The van der Waals surface area contributed by atoms with Gasteiger partial charge in [0.25, 0.3) is 0 Å². The molecule has 1 rings (SSSR count). The first-order valence-electron chi connectivity index (χ1n) is 7.15. The Kier molecular flexibility index (Phi) is 6.09. The third-order valence-corrected chi connectivity index (χ3v) is 4.00. The third-order valence-electron chi connectivity index (χ3n) is 4.00. The van der Waals surface area contributed by atoms with Gasteiger partial charge >= 0.3 is 0 Å². The van der Waals surface area contributed by atoms with Crippen LogP contribution in [-0.4, -0.2) is 50.1 Å². The fourth-order valence-electron chi connectivity index (χ4n) is 2.25. The molecule has 1 fully saturated rings. The van der Waals surface area contributed by atoms with E-state index in [0.29, 0.717) is 6.04 Å². The van der Waals surface area contributed by atoms with Crippen molar-refractivity contribution < 1.29 is 4.79 Å². The van der Waals surface area contributed by atoms with Crippen molar-refractivity contribution in [2.75, 3.05) is 33.2 Å². The fraction of sp³-hybridized carbons (Fsp3) is 0.929. The molecule has 1 aliphatic heterocycles. The van der Waals surface area contributed by atoms with Gasteiger partial charge < -0.3 is 15.5 Å². The van der Waals surface area contributed by atoms with Crippen molar-refractivity contribution in [1.82, 2.24) is 15.5 Å². The normalized spacial score (nSPS) is 24.6. The van der Waals surface area contributed by atoms with Gasteiger partial charge in [0.2, 0.25) is 5.91 Å². The lowest BCUT2D eigenvalue weighted by Crippen LogP contribution is -2.49. The van der Waals surface area contributed by atoms with Crippen LogP contribution in [0.3, 0.4) is 0 Å². The quantitative estimate of drug-likeness (QED) is 0.702. The zero-order valence-corrected chi connectivity index (χ0v) is 12.4. The van der Waals surface area contributed by atoms with E-state index in [1.807, 2.05) is 0 Å². The third kappa shape index (κ3) is 4.58. The number of nitrogens with zero attached hydrogens (tertiary/aromatic N) is 1. The van der Waals surface area contributed by atoms with E-state index in [0.717, 1.165) is 45.4 Å². The van der Waals surface area contributed by atoms with Gasteiger partial charge in [0.15, 0.2) is 0 Å². The molecule has 1 atom stereocenters. The van der Waals surface area contributed by atoms with Crippen molar-refractivity contribution in [3.63, 3.8) is 0 Å². The molecule has 0 radical (unpaired) electrons. The van der Waals surface area contributed by atoms with Crippen LogP contribution in [0.4, 0.5) is 0 Å². The molecule has 4 nitrogen and oxygen atoms in total. The Bertz CT molecular complexity index is 260. The van der Waals surface area contributed by atoms with E-state index in [2.05, 4.69) is 43.4 Å². The van der Waals surface area contributed by atoms with E-state index in [4.69, 9.17) is 0 Å². The Morgan fingerprint density at radius 2 is 2.22 bits per heavy atom. The van der Waals surface area contributed by atoms with Crippen molar-refractivity contribution in [3.8, 4) is 0 Å². The van der Waals surface area contributed by atoms with Gasteiger partial charge in [-0.25, -0.2) is 0 Å². The Hall–Kier alpha value is -0.610. The first-order chi connectivity index (χ1) is 8.46. The standard InChI is InChI=1S/C14H29N3O/c1-12(2)17(4)10-6-9-16-13(18)14(3)7-5-8-15-11-14/h12,15H,5-11H2,1-4H3,(H,16,18). The Morgan fingerprint density at radius 1 is 1.50 bits per heavy atom. The highest BCUT2D eigenvalue weighted by atomic mass is 16.2. The highest BCUT2D eigenvalue weighted by Crippen LogP contribution is 2.25. The van der Waals surface area contributed by atoms with Gasteiger partial charge in [-0.05, 0) is 60.2 Å². The zero-order valence-electron chi connectivity index (χ0n) is 12.4. The Balaban J connectivity index is 2.20. The van der Waals surface area contributed by atoms with E-state index >= 15 is 0 Å². The number of carbonyl (C=O) groups is 1. The SMILES string of the molecule is CC(C)N(C)CCCNC(=O)C1(C)CCCNC1. The van der Waals surface area contributed by atoms with Gasteiger partial charge in [0, 0.05) is 19.1 Å². The number of amides is 1. The van der Waals surface area contributed by atoms with Crippen LogP contribution in [0, 0.1) is 5.41 Å². The van der Waals surface area contributed by atoms with Crippen molar-refractivity contribution in [1.29, 1.82) is 0 Å². The fourth-order valence-corrected chi connectivity index (χ4v) is 2.25. The van der Waals surface area contributed by atoms with Crippen LogP contribution >= 0.6 is 0 Å². The lowest BCUT2D eigenvalue weighted by atomic mass is 9.82. The lowest BCUT2D eigenvalue weighted by molar-refractivity contribution is -0.131. The first kappa shape index (κ1) is 15.4. The second kappa shape index (κ2) is 7.10. The molecule has 0 saturated carbocycles. The van der Waals surface area contributed by atoms with Gasteiger partial charge in [-0.1, -0.05) is 0 Å². The molecule has 1 unspecified atom stereocenters. The van der Waals surface area contributed by atoms with Crippen LogP contribution in [0.25, 0.3) is 0 Å². The molecule has 1 amide bonds. The summed E-state index contributed by atoms with van der Waals surface area (Å²) < 4.78 is 0. The summed E-state index contributed by atoms with van der Waals surface area (Å²) in [6.07, 6.45) is 3.11. The van der Waals surface area contributed by atoms with Gasteiger partial charge in [0.05, 0.1) is 5.41 Å². The van der Waals surface area contributed by atoms with E-state index in [1.54, 1.807) is 0 Å². The van der Waals surface area contributed by atoms with Gasteiger partial charge in [-0.3, -0.25) is 4.79 Å². The molecule has 0 bridgehead atoms. The van der Waals surface area contributed by atoms with Crippen molar-refractivity contribution in [2.45, 2.75) is 46.1 Å². The second-order valence-corrected chi connectivity index (χ2v) is 6.02. The van der Waals surface area contributed by atoms with E-state index in [-0.39, 0.29) is 11.3 Å². The molecule has 0 aromatic carbocycles. The van der Waals surface area contributed by atoms with Gasteiger partial charge in [-0.2, -0.15) is 0 Å². The number of rotatable bonds is 6. The van der Waals surface area contributed by atoms with Crippen LogP contribution < -0.4 is 10.6 Å². The molecule has 18 heavy (non-hydrogen) atoms. The molecule has 1 heterocycles. The minimum absolute atomic E-state index is 0.206. The summed E-state index contributed by atoms with van der Waals surface area (Å²) in [5.41, 5.74) is -0.206. The zero-order chi connectivity index (χ0) is 13.6. The molecule has 1 aliphatic rings. The highest BCUT2D eigenvalue weighted by Gasteiger charge is 2.34. The van der Waals surface area contributed by atoms with Crippen molar-refractivity contribution in [3.05, 3.63) is 0 Å². The van der Waals surface area contributed by atoms with Crippen molar-refractivity contribution >= 4 is 5.91 Å². The molecule has 0 spiro atoms. The summed E-state index contributed by atoms with van der Waals surface area (Å²) in [5.74, 6) is 0.210. The molecule has 0 aromatic heterocycles. The number of hydrogen-bond acceptors (Lipinski definition) is 3. The molecule has 106 valence electrons. The van der Waals surface area contributed by atoms with Crippen LogP contribution in [0.2, 0.25) is 0 Å². The van der Waals surface area contributed by atoms with Crippen molar-refractivity contribution in [2.24, 2.45) is 5.41 Å². The molecule has 0 aromatic rings. The molecular formula is C14H29N3O. The topological polar surface area (TPSA) is 44.4 Å². The molecule has 1 saturated heterocycles. The predicted octanol–water partition coefficient (Wildman–Crippen LogP) is 1.22. The Labute approximate surface area is 111 Å². The van der Waals surface area contributed by atoms with E-state index in [9.17, 15) is 4.79 Å². The summed E-state index contributed by atoms with van der Waals surface area (Å²) in [6.45, 7) is 10.1. The van der Waals surface area contributed by atoms with Crippen LogP contribution in [0.15, 0.2) is 0 Å². The van der Waals surface area contributed by atoms with Gasteiger partial charge in [0.1, 0.15) is 0 Å². The smallest absolute Gasteiger partial charge is 0.227 e. The van der Waals surface area contributed by atoms with Crippen LogP contribution in [0.1, 0.15) is 40.0 Å². The second-order valence-electron chi connectivity index (χ2n) is 6.02. The predicted molar refractivity (Wildman–Crippen MR) is 75.6 cm³/mol. The first-order valence-corrected chi connectivity index (χ1v) is 7.15. The monoisotopic (exact) mass is 255 g/mol. The number of nitrogens with one attached hydrogen (secondary N) is 2. The summed E-state index contributed by atoms with van der Waals surface area (Å²) in [4.78, 5) is 14.4. The maximum atomic E-state index is 12.1. The molecule has 4 heteroatoms. The summed E-state index contributed by atoms with van der Waals surface area (Å²) >= 11 is 0. The van der Waals surface area contributed by atoms with Crippen LogP contribution in [0.5, 0.6) is 0 Å². The van der Waals surface area contributed by atoms with Crippen LogP contribution in [-0.2, 0) is 4.79 Å². The minimum atomic E-state index is -0.206. The maximum absolute atomic E-state index is 12.1. The average molecular weight is 255 g/mol. The number of carbonyl (C=O) groups excluding carboxylic acids is 1. The average Bonchev–Trinajstić information content (AvgIpc) is 2.34. The molecular weight excluding hydrogens is 226 g/mol. The summed E-state index contributed by atoms with van der Waals surface area (Å²) in [5, 5.41) is 6.39. The van der Waals surface area contributed by atoms with E-state index in [1.165, 1.54) is 0 Å². The highest BCUT2D eigenvalue weighted by molar-refractivity contribution is 5.82. The lowest BCUT2D eigenvalue weighted by Gasteiger charge is -2.32. The summed E-state index contributed by atoms with van der Waals surface area (Å²) in [7, 11) is 2.12. The number of hydrogen-bond donors (Lipinski definition) is 2. The van der Waals surface area contributed by atoms with Gasteiger partial charge in [-0.15, -0.1) is 0 Å². The maximum Gasteiger partial charge on any atom is 0.227 e. The largest absolute Gasteiger partial charge is 0.356 e. The summed E-state index contributed by atoms with van der Waals surface area (Å²) in [6, 6.07) is 0.570. The Morgan fingerprint density at radius 3 is 2.78 bits per heavy atom. The minimum Gasteiger partial charge on any atom is -0.356 e.